The zero-order chi connectivity index (χ0) is 12.0. The zero-order valence-corrected chi connectivity index (χ0v) is 10.6. The Morgan fingerprint density at radius 1 is 1.25 bits per heavy atom. The smallest absolute Gasteiger partial charge is 0.311 e. The molecule has 0 amide bonds. The summed E-state index contributed by atoms with van der Waals surface area (Å²) in [5.74, 6) is -0.782. The van der Waals surface area contributed by atoms with Crippen LogP contribution in [0.4, 0.5) is 0 Å². The third-order valence-corrected chi connectivity index (χ3v) is 2.72. The molecule has 0 aliphatic carbocycles. The molecule has 0 aromatic heterocycles. The van der Waals surface area contributed by atoms with Crippen molar-refractivity contribution in [3.05, 3.63) is 27.8 Å². The Hall–Kier alpha value is -1.11. The summed E-state index contributed by atoms with van der Waals surface area (Å²) >= 11 is 2.07. The molecular formula is C11H11IO4. The van der Waals surface area contributed by atoms with Crippen molar-refractivity contribution in [1.29, 1.82) is 0 Å². The fourth-order valence-electron chi connectivity index (χ4n) is 1.09. The van der Waals surface area contributed by atoms with Gasteiger partial charge in [0.15, 0.2) is 0 Å². The largest absolute Gasteiger partial charge is 0.481 e. The van der Waals surface area contributed by atoms with Crippen molar-refractivity contribution in [2.24, 2.45) is 0 Å². The summed E-state index contributed by atoms with van der Waals surface area (Å²) in [6.45, 7) is 0. The standard InChI is InChI=1S/C11H11IO4/c12-8-4-1-2-5-9(8)16-11(15)7-3-6-10(13)14/h1-2,4-5H,3,6-7H2,(H,13,14). The van der Waals surface area contributed by atoms with Gasteiger partial charge in [-0.15, -0.1) is 0 Å². The van der Waals surface area contributed by atoms with Gasteiger partial charge in [-0.25, -0.2) is 0 Å². The molecular weight excluding hydrogens is 323 g/mol. The summed E-state index contributed by atoms with van der Waals surface area (Å²) in [5.41, 5.74) is 0. The lowest BCUT2D eigenvalue weighted by molar-refractivity contribution is -0.137. The Kier molecular flexibility index (Phi) is 5.24. The lowest BCUT2D eigenvalue weighted by Crippen LogP contribution is -2.09. The van der Waals surface area contributed by atoms with Gasteiger partial charge in [-0.3, -0.25) is 9.59 Å². The molecule has 0 atom stereocenters. The first-order valence-electron chi connectivity index (χ1n) is 4.76. The van der Waals surface area contributed by atoms with Crippen molar-refractivity contribution >= 4 is 34.5 Å². The SMILES string of the molecule is O=C(O)CCCC(=O)Oc1ccccc1I. The van der Waals surface area contributed by atoms with Crippen LogP contribution in [0.25, 0.3) is 0 Å². The van der Waals surface area contributed by atoms with Gasteiger partial charge in [-0.2, -0.15) is 0 Å². The Bertz CT molecular complexity index is 389. The van der Waals surface area contributed by atoms with Crippen molar-refractivity contribution < 1.29 is 19.4 Å². The van der Waals surface area contributed by atoms with Gasteiger partial charge < -0.3 is 9.84 Å². The van der Waals surface area contributed by atoms with Gasteiger partial charge in [0.2, 0.25) is 0 Å². The van der Waals surface area contributed by atoms with Crippen LogP contribution in [0.3, 0.4) is 0 Å². The molecule has 4 nitrogen and oxygen atoms in total. The number of carboxylic acid groups (broad SMARTS) is 1. The predicted molar refractivity (Wildman–Crippen MR) is 66.3 cm³/mol. The minimum absolute atomic E-state index is 0.0129. The summed E-state index contributed by atoms with van der Waals surface area (Å²) in [4.78, 5) is 21.6. The normalized spacial score (nSPS) is 9.81. The lowest BCUT2D eigenvalue weighted by Gasteiger charge is -2.05. The quantitative estimate of drug-likeness (QED) is 0.510. The number of halogens is 1. The van der Waals surface area contributed by atoms with Crippen molar-refractivity contribution in [1.82, 2.24) is 0 Å². The monoisotopic (exact) mass is 334 g/mol. The minimum atomic E-state index is -0.901. The Morgan fingerprint density at radius 3 is 2.56 bits per heavy atom. The average Bonchev–Trinajstić information content (AvgIpc) is 2.21. The Balaban J connectivity index is 2.40. The highest BCUT2D eigenvalue weighted by molar-refractivity contribution is 14.1. The molecule has 1 rings (SSSR count). The first-order chi connectivity index (χ1) is 7.59. The van der Waals surface area contributed by atoms with Crippen molar-refractivity contribution in [3.63, 3.8) is 0 Å². The zero-order valence-electron chi connectivity index (χ0n) is 8.48. The van der Waals surface area contributed by atoms with Crippen LogP contribution in [0.2, 0.25) is 0 Å². The van der Waals surface area contributed by atoms with Crippen LogP contribution in [0, 0.1) is 3.57 Å². The molecule has 0 aliphatic heterocycles. The molecule has 0 bridgehead atoms. The molecule has 0 saturated carbocycles. The highest BCUT2D eigenvalue weighted by atomic mass is 127. The van der Waals surface area contributed by atoms with E-state index in [9.17, 15) is 9.59 Å². The number of ether oxygens (including phenoxy) is 1. The maximum Gasteiger partial charge on any atom is 0.311 e. The van der Waals surface area contributed by atoms with Gasteiger partial charge in [0.1, 0.15) is 5.75 Å². The third-order valence-electron chi connectivity index (χ3n) is 1.83. The molecule has 1 aromatic carbocycles. The van der Waals surface area contributed by atoms with Crippen molar-refractivity contribution in [2.45, 2.75) is 19.3 Å². The fraction of sp³-hybridized carbons (Fsp3) is 0.273. The van der Waals surface area contributed by atoms with E-state index < -0.39 is 11.9 Å². The molecule has 0 radical (unpaired) electrons. The Morgan fingerprint density at radius 2 is 1.94 bits per heavy atom. The van der Waals surface area contributed by atoms with E-state index in [1.165, 1.54) is 0 Å². The number of rotatable bonds is 5. The number of carbonyl (C=O) groups is 2. The van der Waals surface area contributed by atoms with E-state index in [-0.39, 0.29) is 12.8 Å². The van der Waals surface area contributed by atoms with E-state index >= 15 is 0 Å². The van der Waals surface area contributed by atoms with Crippen molar-refractivity contribution in [3.8, 4) is 5.75 Å². The molecule has 0 unspecified atom stereocenters. The van der Waals surface area contributed by atoms with Crippen LogP contribution < -0.4 is 4.74 Å². The summed E-state index contributed by atoms with van der Waals surface area (Å²) in [5, 5.41) is 8.41. The van der Waals surface area contributed by atoms with Gasteiger partial charge in [-0.05, 0) is 41.1 Å². The maximum absolute atomic E-state index is 11.3. The maximum atomic E-state index is 11.3. The molecule has 0 heterocycles. The minimum Gasteiger partial charge on any atom is -0.481 e. The number of carboxylic acids is 1. The highest BCUT2D eigenvalue weighted by Gasteiger charge is 2.08. The highest BCUT2D eigenvalue weighted by Crippen LogP contribution is 2.20. The van der Waals surface area contributed by atoms with Crippen LogP contribution in [-0.4, -0.2) is 17.0 Å². The van der Waals surface area contributed by atoms with Crippen molar-refractivity contribution in [2.75, 3.05) is 0 Å². The number of benzene rings is 1. The van der Waals surface area contributed by atoms with Gasteiger partial charge in [0.25, 0.3) is 0 Å². The first kappa shape index (κ1) is 13.0. The molecule has 16 heavy (non-hydrogen) atoms. The summed E-state index contributed by atoms with van der Waals surface area (Å²) in [6.07, 6.45) is 0.413. The second-order valence-corrected chi connectivity index (χ2v) is 4.31. The molecule has 1 N–H and O–H groups in total. The summed E-state index contributed by atoms with van der Waals surface area (Å²) in [6, 6.07) is 7.17. The van der Waals surface area contributed by atoms with Crippen LogP contribution in [0.15, 0.2) is 24.3 Å². The van der Waals surface area contributed by atoms with E-state index in [2.05, 4.69) is 22.6 Å². The van der Waals surface area contributed by atoms with E-state index in [0.29, 0.717) is 12.2 Å². The van der Waals surface area contributed by atoms with Crippen LogP contribution in [0.5, 0.6) is 5.75 Å². The lowest BCUT2D eigenvalue weighted by atomic mass is 10.2. The van der Waals surface area contributed by atoms with E-state index in [1.54, 1.807) is 12.1 Å². The number of esters is 1. The molecule has 86 valence electrons. The molecule has 5 heteroatoms. The number of aliphatic carboxylic acids is 1. The second-order valence-electron chi connectivity index (χ2n) is 3.15. The van der Waals surface area contributed by atoms with Gasteiger partial charge >= 0.3 is 11.9 Å². The van der Waals surface area contributed by atoms with Crippen LogP contribution in [0.1, 0.15) is 19.3 Å². The summed E-state index contributed by atoms with van der Waals surface area (Å²) < 4.78 is 5.94. The summed E-state index contributed by atoms with van der Waals surface area (Å²) in [7, 11) is 0. The molecule has 0 fully saturated rings. The van der Waals surface area contributed by atoms with E-state index in [1.807, 2.05) is 12.1 Å². The van der Waals surface area contributed by atoms with Crippen LogP contribution >= 0.6 is 22.6 Å². The molecule has 0 spiro atoms. The molecule has 1 aromatic rings. The molecule has 0 aliphatic rings. The fourth-order valence-corrected chi connectivity index (χ4v) is 1.58. The topological polar surface area (TPSA) is 63.6 Å². The number of hydrogen-bond acceptors (Lipinski definition) is 3. The van der Waals surface area contributed by atoms with E-state index in [0.717, 1.165) is 3.57 Å². The second kappa shape index (κ2) is 6.47. The van der Waals surface area contributed by atoms with Gasteiger partial charge in [0.05, 0.1) is 3.57 Å². The average molecular weight is 334 g/mol. The number of carbonyl (C=O) groups excluding carboxylic acids is 1. The number of hydrogen-bond donors (Lipinski definition) is 1. The third kappa shape index (κ3) is 4.61. The first-order valence-corrected chi connectivity index (χ1v) is 5.84. The van der Waals surface area contributed by atoms with Gasteiger partial charge in [0, 0.05) is 12.8 Å². The predicted octanol–water partition coefficient (Wildman–Crippen LogP) is 2.45. The number of para-hydroxylation sites is 1. The van der Waals surface area contributed by atoms with Gasteiger partial charge in [-0.1, -0.05) is 12.1 Å². The molecule has 0 saturated heterocycles. The van der Waals surface area contributed by atoms with E-state index in [4.69, 9.17) is 9.84 Å². The Labute approximate surface area is 107 Å². The van der Waals surface area contributed by atoms with Crippen LogP contribution in [-0.2, 0) is 9.59 Å².